The number of rotatable bonds is 4. The summed E-state index contributed by atoms with van der Waals surface area (Å²) in [5, 5.41) is 13.0. The van der Waals surface area contributed by atoms with E-state index in [1.54, 1.807) is 0 Å². The van der Waals surface area contributed by atoms with Gasteiger partial charge < -0.3 is 4.90 Å². The van der Waals surface area contributed by atoms with Crippen molar-refractivity contribution >= 4 is 0 Å². The van der Waals surface area contributed by atoms with Crippen molar-refractivity contribution in [2.75, 3.05) is 33.2 Å². The van der Waals surface area contributed by atoms with Crippen molar-refractivity contribution in [2.24, 2.45) is 0 Å². The molecule has 1 heterocycles. The first kappa shape index (κ1) is 14.8. The second kappa shape index (κ2) is 6.21. The van der Waals surface area contributed by atoms with Gasteiger partial charge >= 0.3 is 0 Å². The smallest absolute Gasteiger partial charge is 0.108 e. The minimum absolute atomic E-state index is 0.260. The number of nitrogens with one attached hydrogen (secondary N) is 1. The summed E-state index contributed by atoms with van der Waals surface area (Å²) in [6, 6.07) is 3.76. The summed E-state index contributed by atoms with van der Waals surface area (Å²) in [5.41, 5.74) is -0.260. The van der Waals surface area contributed by atoms with Gasteiger partial charge in [0.2, 0.25) is 0 Å². The second-order valence-electron chi connectivity index (χ2n) is 6.37. The molecule has 4 heteroatoms. The number of likely N-dealkylation sites (N-methyl/N-ethyl adjacent to an activating group) is 1. The number of nitrogens with zero attached hydrogens (tertiary/aromatic N) is 3. The Bertz CT molecular complexity index is 338. The zero-order valence-corrected chi connectivity index (χ0v) is 12.7. The van der Waals surface area contributed by atoms with Crippen LogP contribution in [0.2, 0.25) is 0 Å². The lowest BCUT2D eigenvalue weighted by atomic mass is 9.98. The molecule has 108 valence electrons. The lowest BCUT2D eigenvalue weighted by molar-refractivity contribution is 0.0613. The molecule has 1 saturated heterocycles. The highest BCUT2D eigenvalue weighted by atomic mass is 15.3. The van der Waals surface area contributed by atoms with E-state index in [1.807, 2.05) is 0 Å². The topological polar surface area (TPSA) is 42.3 Å². The van der Waals surface area contributed by atoms with E-state index in [0.29, 0.717) is 12.1 Å². The minimum Gasteiger partial charge on any atom is -0.304 e. The summed E-state index contributed by atoms with van der Waals surface area (Å²) >= 11 is 0. The zero-order chi connectivity index (χ0) is 13.9. The van der Waals surface area contributed by atoms with Crippen molar-refractivity contribution in [2.45, 2.75) is 57.2 Å². The van der Waals surface area contributed by atoms with Crippen LogP contribution in [0.5, 0.6) is 0 Å². The summed E-state index contributed by atoms with van der Waals surface area (Å²) in [5.74, 6) is 0. The van der Waals surface area contributed by atoms with Crippen LogP contribution in [0.4, 0.5) is 0 Å². The largest absolute Gasteiger partial charge is 0.304 e. The Balaban J connectivity index is 1.95. The third-order valence-corrected chi connectivity index (χ3v) is 4.77. The van der Waals surface area contributed by atoms with Gasteiger partial charge in [0.05, 0.1) is 6.07 Å². The lowest BCUT2D eigenvalue weighted by Gasteiger charge is -2.42. The van der Waals surface area contributed by atoms with Gasteiger partial charge in [0.25, 0.3) is 0 Å². The van der Waals surface area contributed by atoms with Crippen LogP contribution < -0.4 is 5.32 Å². The third-order valence-electron chi connectivity index (χ3n) is 4.77. The molecule has 2 aliphatic rings. The number of nitriles is 1. The van der Waals surface area contributed by atoms with Crippen LogP contribution >= 0.6 is 0 Å². The Morgan fingerprint density at radius 2 is 2.21 bits per heavy atom. The summed E-state index contributed by atoms with van der Waals surface area (Å²) in [7, 11) is 2.20. The fourth-order valence-corrected chi connectivity index (χ4v) is 3.66. The average Bonchev–Trinajstić information content (AvgIpc) is 2.81. The standard InChI is InChI=1S/C15H28N4/c1-4-7-17-15(12-16)6-5-14(10-15)19-9-8-18(3)11-13(19)2/h13-14,17H,4-11H2,1-3H3. The summed E-state index contributed by atoms with van der Waals surface area (Å²) in [6.07, 6.45) is 4.27. The van der Waals surface area contributed by atoms with E-state index in [9.17, 15) is 5.26 Å². The Morgan fingerprint density at radius 3 is 2.84 bits per heavy atom. The van der Waals surface area contributed by atoms with Crippen LogP contribution in [-0.4, -0.2) is 60.6 Å². The molecule has 1 saturated carbocycles. The van der Waals surface area contributed by atoms with Gasteiger partial charge in [-0.15, -0.1) is 0 Å². The maximum atomic E-state index is 9.53. The van der Waals surface area contributed by atoms with Gasteiger partial charge in [-0.05, 0) is 46.2 Å². The monoisotopic (exact) mass is 264 g/mol. The van der Waals surface area contributed by atoms with Crippen molar-refractivity contribution in [3.05, 3.63) is 0 Å². The first-order chi connectivity index (χ1) is 9.10. The Kier molecular flexibility index (Phi) is 4.83. The lowest BCUT2D eigenvalue weighted by Crippen LogP contribution is -2.54. The average molecular weight is 264 g/mol. The van der Waals surface area contributed by atoms with Crippen molar-refractivity contribution in [1.82, 2.24) is 15.1 Å². The minimum atomic E-state index is -0.260. The molecule has 1 N–H and O–H groups in total. The van der Waals surface area contributed by atoms with Gasteiger partial charge in [-0.2, -0.15) is 5.26 Å². The van der Waals surface area contributed by atoms with Crippen molar-refractivity contribution < 1.29 is 0 Å². The van der Waals surface area contributed by atoms with Crippen LogP contribution in [0.3, 0.4) is 0 Å². The Morgan fingerprint density at radius 1 is 1.42 bits per heavy atom. The predicted octanol–water partition coefficient (Wildman–Crippen LogP) is 1.44. The first-order valence-electron chi connectivity index (χ1n) is 7.71. The van der Waals surface area contributed by atoms with Gasteiger partial charge in [-0.3, -0.25) is 10.2 Å². The predicted molar refractivity (Wildman–Crippen MR) is 77.9 cm³/mol. The molecule has 3 atom stereocenters. The van der Waals surface area contributed by atoms with E-state index in [-0.39, 0.29) is 5.54 Å². The first-order valence-corrected chi connectivity index (χ1v) is 7.71. The van der Waals surface area contributed by atoms with Crippen LogP contribution in [-0.2, 0) is 0 Å². The zero-order valence-electron chi connectivity index (χ0n) is 12.7. The van der Waals surface area contributed by atoms with Crippen LogP contribution in [0, 0.1) is 11.3 Å². The highest BCUT2D eigenvalue weighted by Gasteiger charge is 2.42. The van der Waals surface area contributed by atoms with E-state index >= 15 is 0 Å². The normalized spacial score (nSPS) is 37.4. The van der Waals surface area contributed by atoms with E-state index in [2.05, 4.69) is 42.1 Å². The molecule has 0 bridgehead atoms. The molecule has 19 heavy (non-hydrogen) atoms. The van der Waals surface area contributed by atoms with Crippen LogP contribution in [0.15, 0.2) is 0 Å². The van der Waals surface area contributed by atoms with E-state index in [1.165, 1.54) is 6.42 Å². The molecule has 0 aromatic carbocycles. The number of hydrogen-bond donors (Lipinski definition) is 1. The quantitative estimate of drug-likeness (QED) is 0.834. The molecule has 0 aromatic heterocycles. The highest BCUT2D eigenvalue weighted by molar-refractivity contribution is 5.13. The maximum absolute atomic E-state index is 9.53. The molecule has 0 radical (unpaired) electrons. The SMILES string of the molecule is CCCNC1(C#N)CCC(N2CCN(C)CC2C)C1. The van der Waals surface area contributed by atoms with Gasteiger partial charge in [0, 0.05) is 31.7 Å². The molecular formula is C15H28N4. The third kappa shape index (κ3) is 3.28. The Labute approximate surface area is 117 Å². The van der Waals surface area contributed by atoms with Crippen molar-refractivity contribution in [3.8, 4) is 6.07 Å². The van der Waals surface area contributed by atoms with Gasteiger partial charge in [-0.1, -0.05) is 6.92 Å². The summed E-state index contributed by atoms with van der Waals surface area (Å²) in [4.78, 5) is 5.04. The maximum Gasteiger partial charge on any atom is 0.108 e. The molecule has 0 spiro atoms. The van der Waals surface area contributed by atoms with Crippen LogP contribution in [0.1, 0.15) is 39.5 Å². The van der Waals surface area contributed by atoms with Crippen molar-refractivity contribution in [3.63, 3.8) is 0 Å². The molecule has 0 amide bonds. The molecular weight excluding hydrogens is 236 g/mol. The molecule has 0 aromatic rings. The summed E-state index contributed by atoms with van der Waals surface area (Å²) in [6.45, 7) is 8.89. The Hall–Kier alpha value is -0.630. The van der Waals surface area contributed by atoms with E-state index < -0.39 is 0 Å². The van der Waals surface area contributed by atoms with Gasteiger partial charge in [0.15, 0.2) is 0 Å². The molecule has 3 unspecified atom stereocenters. The molecule has 4 nitrogen and oxygen atoms in total. The van der Waals surface area contributed by atoms with E-state index in [0.717, 1.165) is 45.4 Å². The van der Waals surface area contributed by atoms with Gasteiger partial charge in [0.1, 0.15) is 5.54 Å². The molecule has 2 fully saturated rings. The number of piperazine rings is 1. The fraction of sp³-hybridized carbons (Fsp3) is 0.933. The van der Waals surface area contributed by atoms with Gasteiger partial charge in [-0.25, -0.2) is 0 Å². The van der Waals surface area contributed by atoms with Crippen LogP contribution in [0.25, 0.3) is 0 Å². The fourth-order valence-electron chi connectivity index (χ4n) is 3.66. The molecule has 2 rings (SSSR count). The molecule has 1 aliphatic carbocycles. The van der Waals surface area contributed by atoms with E-state index in [4.69, 9.17) is 0 Å². The number of hydrogen-bond acceptors (Lipinski definition) is 4. The highest BCUT2D eigenvalue weighted by Crippen LogP contribution is 2.34. The second-order valence-corrected chi connectivity index (χ2v) is 6.37. The summed E-state index contributed by atoms with van der Waals surface area (Å²) < 4.78 is 0. The van der Waals surface area contributed by atoms with Crippen molar-refractivity contribution in [1.29, 1.82) is 5.26 Å². The molecule has 1 aliphatic heterocycles.